The van der Waals surface area contributed by atoms with Gasteiger partial charge >= 0.3 is 0 Å². The first-order chi connectivity index (χ1) is 9.08. The van der Waals surface area contributed by atoms with Crippen LogP contribution in [-0.2, 0) is 19.4 Å². The van der Waals surface area contributed by atoms with Gasteiger partial charge in [0.25, 0.3) is 0 Å². The maximum Gasteiger partial charge on any atom is 0.131 e. The molecule has 2 aromatic rings. The zero-order valence-corrected chi connectivity index (χ0v) is 13.0. The van der Waals surface area contributed by atoms with Crippen molar-refractivity contribution in [3.63, 3.8) is 0 Å². The minimum Gasteiger partial charge on any atom is -0.264 e. The van der Waals surface area contributed by atoms with Crippen molar-refractivity contribution in [1.29, 1.82) is 0 Å². The lowest BCUT2D eigenvalue weighted by Gasteiger charge is -2.08. The van der Waals surface area contributed by atoms with Crippen LogP contribution in [0, 0.1) is 15.2 Å². The van der Waals surface area contributed by atoms with Gasteiger partial charge in [0.05, 0.1) is 21.5 Å². The van der Waals surface area contributed by atoms with Crippen molar-refractivity contribution in [2.45, 2.75) is 33.2 Å². The van der Waals surface area contributed by atoms with Gasteiger partial charge in [-0.1, -0.05) is 19.9 Å². The minimum atomic E-state index is -0.523. The Bertz CT molecular complexity index is 573. The summed E-state index contributed by atoms with van der Waals surface area (Å²) in [5, 5.41) is 4.45. The molecule has 0 radical (unpaired) electrons. The maximum absolute atomic E-state index is 13.7. The van der Waals surface area contributed by atoms with E-state index in [9.17, 15) is 8.78 Å². The lowest BCUT2D eigenvalue weighted by atomic mass is 10.2. The first-order valence-electron chi connectivity index (χ1n) is 6.25. The second-order valence-electron chi connectivity index (χ2n) is 4.27. The van der Waals surface area contributed by atoms with Crippen molar-refractivity contribution in [2.75, 3.05) is 0 Å². The van der Waals surface area contributed by atoms with Crippen LogP contribution >= 0.6 is 22.6 Å². The van der Waals surface area contributed by atoms with Crippen LogP contribution in [0.15, 0.2) is 18.2 Å². The molecule has 19 heavy (non-hydrogen) atoms. The van der Waals surface area contributed by atoms with E-state index >= 15 is 0 Å². The first kappa shape index (κ1) is 14.4. The van der Waals surface area contributed by atoms with Crippen LogP contribution in [0.3, 0.4) is 0 Å². The summed E-state index contributed by atoms with van der Waals surface area (Å²) in [6.07, 6.45) is 1.61. The van der Waals surface area contributed by atoms with Gasteiger partial charge in [-0.3, -0.25) is 4.68 Å². The highest BCUT2D eigenvalue weighted by molar-refractivity contribution is 14.1. The number of nitrogens with zero attached hydrogens (tertiary/aromatic N) is 2. The Labute approximate surface area is 125 Å². The summed E-state index contributed by atoms with van der Waals surface area (Å²) in [4.78, 5) is 0. The average molecular weight is 376 g/mol. The third-order valence-corrected chi connectivity index (χ3v) is 4.34. The highest BCUT2D eigenvalue weighted by atomic mass is 127. The molecule has 1 aromatic heterocycles. The number of hydrogen-bond donors (Lipinski definition) is 0. The molecule has 0 aliphatic heterocycles. The van der Waals surface area contributed by atoms with E-state index in [1.54, 1.807) is 4.68 Å². The largest absolute Gasteiger partial charge is 0.264 e. The van der Waals surface area contributed by atoms with Gasteiger partial charge in [-0.15, -0.1) is 0 Å². The molecule has 2 rings (SSSR count). The molecule has 0 aliphatic rings. The molecule has 0 aliphatic carbocycles. The first-order valence-corrected chi connectivity index (χ1v) is 7.33. The van der Waals surface area contributed by atoms with Gasteiger partial charge in [-0.2, -0.15) is 5.10 Å². The van der Waals surface area contributed by atoms with Gasteiger partial charge in [-0.25, -0.2) is 8.78 Å². The molecule has 0 amide bonds. The van der Waals surface area contributed by atoms with Crippen molar-refractivity contribution in [1.82, 2.24) is 9.78 Å². The van der Waals surface area contributed by atoms with Crippen LogP contribution in [0.5, 0.6) is 0 Å². The van der Waals surface area contributed by atoms with Gasteiger partial charge in [0, 0.05) is 5.56 Å². The third kappa shape index (κ3) is 2.80. The van der Waals surface area contributed by atoms with E-state index < -0.39 is 11.6 Å². The number of halogens is 3. The number of hydrogen-bond acceptors (Lipinski definition) is 1. The standard InChI is InChI=1S/C14H15F2IN2/c1-3-12-14(17)13(4-2)19(18-12)8-9-10(15)6-5-7-11(9)16/h5-7H,3-4,8H2,1-2H3. The Morgan fingerprint density at radius 1 is 1.16 bits per heavy atom. The highest BCUT2D eigenvalue weighted by Gasteiger charge is 2.16. The molecule has 0 N–H and O–H groups in total. The zero-order chi connectivity index (χ0) is 14.0. The number of benzene rings is 1. The fraction of sp³-hybridized carbons (Fsp3) is 0.357. The second kappa shape index (κ2) is 5.98. The molecule has 0 bridgehead atoms. The summed E-state index contributed by atoms with van der Waals surface area (Å²) in [6, 6.07) is 3.93. The Morgan fingerprint density at radius 3 is 2.32 bits per heavy atom. The van der Waals surface area contributed by atoms with Gasteiger partial charge in [-0.05, 0) is 47.6 Å². The number of aromatic nitrogens is 2. The third-order valence-electron chi connectivity index (χ3n) is 3.10. The molecule has 0 unspecified atom stereocenters. The van der Waals surface area contributed by atoms with E-state index in [-0.39, 0.29) is 12.1 Å². The molecule has 1 heterocycles. The van der Waals surface area contributed by atoms with Crippen LogP contribution in [0.2, 0.25) is 0 Å². The van der Waals surface area contributed by atoms with Crippen molar-refractivity contribution < 1.29 is 8.78 Å². The van der Waals surface area contributed by atoms with Crippen molar-refractivity contribution in [3.05, 3.63) is 50.4 Å². The van der Waals surface area contributed by atoms with Crippen LogP contribution in [0.25, 0.3) is 0 Å². The van der Waals surface area contributed by atoms with Crippen molar-refractivity contribution in [2.24, 2.45) is 0 Å². The quantitative estimate of drug-likeness (QED) is 0.740. The summed E-state index contributed by atoms with van der Waals surface area (Å²) in [7, 11) is 0. The van der Waals surface area contributed by atoms with Gasteiger partial charge in [0.1, 0.15) is 11.6 Å². The predicted octanol–water partition coefficient (Wildman–Crippen LogP) is 3.94. The molecule has 0 saturated carbocycles. The summed E-state index contributed by atoms with van der Waals surface area (Å²) in [6.45, 7) is 4.18. The van der Waals surface area contributed by atoms with E-state index in [0.717, 1.165) is 27.8 Å². The summed E-state index contributed by atoms with van der Waals surface area (Å²) < 4.78 is 30.2. The van der Waals surface area contributed by atoms with Crippen LogP contribution in [-0.4, -0.2) is 9.78 Å². The monoisotopic (exact) mass is 376 g/mol. The highest BCUT2D eigenvalue weighted by Crippen LogP contribution is 2.21. The topological polar surface area (TPSA) is 17.8 Å². The normalized spacial score (nSPS) is 11.0. The molecule has 0 spiro atoms. The fourth-order valence-electron chi connectivity index (χ4n) is 2.06. The number of rotatable bonds is 4. The molecular weight excluding hydrogens is 361 g/mol. The van der Waals surface area contributed by atoms with E-state index in [1.165, 1.54) is 18.2 Å². The molecule has 102 valence electrons. The van der Waals surface area contributed by atoms with Gasteiger partial charge in [0.2, 0.25) is 0 Å². The number of aryl methyl sites for hydroxylation is 1. The molecule has 1 aromatic carbocycles. The predicted molar refractivity (Wildman–Crippen MR) is 79.2 cm³/mol. The molecule has 0 saturated heterocycles. The smallest absolute Gasteiger partial charge is 0.131 e. The fourth-order valence-corrected chi connectivity index (χ4v) is 3.21. The van der Waals surface area contributed by atoms with Crippen LogP contribution in [0.1, 0.15) is 30.8 Å². The molecule has 0 fully saturated rings. The molecule has 2 nitrogen and oxygen atoms in total. The average Bonchev–Trinajstić information content (AvgIpc) is 2.69. The lowest BCUT2D eigenvalue weighted by Crippen LogP contribution is -2.09. The van der Waals surface area contributed by atoms with E-state index in [2.05, 4.69) is 27.7 Å². The second-order valence-corrected chi connectivity index (χ2v) is 5.35. The zero-order valence-electron chi connectivity index (χ0n) is 10.9. The SMILES string of the molecule is CCc1nn(Cc2c(F)cccc2F)c(CC)c1I. The van der Waals surface area contributed by atoms with Crippen LogP contribution < -0.4 is 0 Å². The summed E-state index contributed by atoms with van der Waals surface area (Å²) in [5.74, 6) is -1.05. The van der Waals surface area contributed by atoms with Crippen molar-refractivity contribution >= 4 is 22.6 Å². The minimum absolute atomic E-state index is 0.0683. The summed E-state index contributed by atoms with van der Waals surface area (Å²) in [5.41, 5.74) is 2.08. The van der Waals surface area contributed by atoms with E-state index in [1.807, 2.05) is 13.8 Å². The van der Waals surface area contributed by atoms with Gasteiger partial charge in [0.15, 0.2) is 0 Å². The molecular formula is C14H15F2IN2. The Kier molecular flexibility index (Phi) is 4.54. The molecule has 5 heteroatoms. The van der Waals surface area contributed by atoms with Crippen molar-refractivity contribution in [3.8, 4) is 0 Å². The summed E-state index contributed by atoms with van der Waals surface area (Å²) >= 11 is 2.25. The maximum atomic E-state index is 13.7. The Morgan fingerprint density at radius 2 is 1.79 bits per heavy atom. The van der Waals surface area contributed by atoms with E-state index in [4.69, 9.17) is 0 Å². The Hall–Kier alpha value is -0.980. The van der Waals surface area contributed by atoms with Gasteiger partial charge < -0.3 is 0 Å². The Balaban J connectivity index is 2.43. The van der Waals surface area contributed by atoms with E-state index in [0.29, 0.717) is 0 Å². The lowest BCUT2D eigenvalue weighted by molar-refractivity contribution is 0.525. The molecule has 0 atom stereocenters. The van der Waals surface area contributed by atoms with Crippen LogP contribution in [0.4, 0.5) is 8.78 Å².